The average molecular weight is 206 g/mol. The van der Waals surface area contributed by atoms with Crippen LogP contribution in [0.3, 0.4) is 0 Å². The first-order chi connectivity index (χ1) is 7.13. The lowest BCUT2D eigenvalue weighted by Gasteiger charge is -2.00. The zero-order valence-corrected chi connectivity index (χ0v) is 7.43. The van der Waals surface area contributed by atoms with Crippen molar-refractivity contribution in [3.63, 3.8) is 0 Å². The molecule has 0 radical (unpaired) electrons. The minimum absolute atomic E-state index is 0.0508. The van der Waals surface area contributed by atoms with E-state index in [9.17, 15) is 14.7 Å². The molecule has 0 aliphatic rings. The van der Waals surface area contributed by atoms with Gasteiger partial charge < -0.3 is 14.6 Å². The van der Waals surface area contributed by atoms with Crippen LogP contribution in [0.25, 0.3) is 11.0 Å². The Morgan fingerprint density at radius 3 is 2.53 bits per heavy atom. The van der Waals surface area contributed by atoms with Crippen molar-refractivity contribution in [1.29, 1.82) is 0 Å². The number of carbonyl (C=O) groups is 1. The first-order valence-corrected chi connectivity index (χ1v) is 4.06. The van der Waals surface area contributed by atoms with Gasteiger partial charge >= 0.3 is 0 Å². The van der Waals surface area contributed by atoms with Crippen molar-refractivity contribution in [3.8, 4) is 11.5 Å². The van der Waals surface area contributed by atoms with Gasteiger partial charge in [-0.2, -0.15) is 0 Å². The maximum Gasteiger partial charge on any atom is 0.203 e. The Hall–Kier alpha value is -2.30. The van der Waals surface area contributed by atoms with Crippen LogP contribution in [0.15, 0.2) is 27.6 Å². The topological polar surface area (TPSA) is 87.7 Å². The van der Waals surface area contributed by atoms with Crippen LogP contribution >= 0.6 is 0 Å². The van der Waals surface area contributed by atoms with Crippen LogP contribution < -0.4 is 5.43 Å². The summed E-state index contributed by atoms with van der Waals surface area (Å²) in [7, 11) is 0. The van der Waals surface area contributed by atoms with Gasteiger partial charge in [0.25, 0.3) is 0 Å². The highest BCUT2D eigenvalue weighted by Crippen LogP contribution is 2.28. The van der Waals surface area contributed by atoms with Crippen LogP contribution in [0.2, 0.25) is 0 Å². The smallest absolute Gasteiger partial charge is 0.203 e. The Morgan fingerprint density at radius 1 is 1.20 bits per heavy atom. The predicted molar refractivity (Wildman–Crippen MR) is 51.2 cm³/mol. The minimum atomic E-state index is -0.540. The lowest BCUT2D eigenvalue weighted by atomic mass is 10.1. The molecule has 0 saturated carbocycles. The second kappa shape index (κ2) is 3.13. The van der Waals surface area contributed by atoms with E-state index < -0.39 is 11.2 Å². The molecule has 2 N–H and O–H groups in total. The molecule has 0 saturated heterocycles. The Bertz CT molecular complexity index is 597. The molecule has 2 aromatic rings. The third-order valence-corrected chi connectivity index (χ3v) is 2.02. The Morgan fingerprint density at radius 2 is 1.87 bits per heavy atom. The summed E-state index contributed by atoms with van der Waals surface area (Å²) in [6.45, 7) is 0. The van der Waals surface area contributed by atoms with E-state index in [1.807, 2.05) is 0 Å². The highest BCUT2D eigenvalue weighted by molar-refractivity contribution is 5.86. The highest BCUT2D eigenvalue weighted by atomic mass is 16.3. The van der Waals surface area contributed by atoms with Gasteiger partial charge in [0, 0.05) is 6.07 Å². The third-order valence-electron chi connectivity index (χ3n) is 2.02. The number of aldehydes is 1. The summed E-state index contributed by atoms with van der Waals surface area (Å²) < 4.78 is 4.95. The van der Waals surface area contributed by atoms with E-state index in [2.05, 4.69) is 0 Å². The summed E-state index contributed by atoms with van der Waals surface area (Å²) in [5, 5.41) is 18.4. The lowest BCUT2D eigenvalue weighted by molar-refractivity contribution is 0.112. The van der Waals surface area contributed by atoms with Gasteiger partial charge in [-0.25, -0.2) is 0 Å². The molecule has 0 aliphatic carbocycles. The van der Waals surface area contributed by atoms with Crippen molar-refractivity contribution >= 4 is 17.3 Å². The van der Waals surface area contributed by atoms with E-state index in [0.717, 1.165) is 18.4 Å². The quantitative estimate of drug-likeness (QED) is 0.537. The first-order valence-electron chi connectivity index (χ1n) is 4.06. The molecule has 1 aromatic carbocycles. The van der Waals surface area contributed by atoms with Crippen LogP contribution in [0.4, 0.5) is 0 Å². The molecule has 76 valence electrons. The molecule has 2 rings (SSSR count). The summed E-state index contributed by atoms with van der Waals surface area (Å²) in [6, 6.07) is 2.17. The van der Waals surface area contributed by atoms with Gasteiger partial charge in [0.1, 0.15) is 11.8 Å². The largest absolute Gasteiger partial charge is 0.504 e. The number of rotatable bonds is 1. The van der Waals surface area contributed by atoms with Crippen molar-refractivity contribution in [2.75, 3.05) is 0 Å². The number of fused-ring (bicyclic) bond motifs is 1. The van der Waals surface area contributed by atoms with Gasteiger partial charge in [0.05, 0.1) is 10.9 Å². The van der Waals surface area contributed by atoms with Crippen LogP contribution in [-0.2, 0) is 0 Å². The zero-order chi connectivity index (χ0) is 11.0. The Labute approximate surface area is 83.2 Å². The van der Waals surface area contributed by atoms with Crippen LogP contribution in [0, 0.1) is 0 Å². The average Bonchev–Trinajstić information content (AvgIpc) is 2.22. The molecule has 5 heteroatoms. The summed E-state index contributed by atoms with van der Waals surface area (Å²) >= 11 is 0. The fourth-order valence-corrected chi connectivity index (χ4v) is 1.25. The second-order valence-electron chi connectivity index (χ2n) is 2.98. The predicted octanol–water partition coefficient (Wildman–Crippen LogP) is 1.02. The Kier molecular flexibility index (Phi) is 1.93. The molecule has 5 nitrogen and oxygen atoms in total. The van der Waals surface area contributed by atoms with Gasteiger partial charge in [0.15, 0.2) is 17.8 Å². The molecule has 0 spiro atoms. The van der Waals surface area contributed by atoms with Crippen LogP contribution in [-0.4, -0.2) is 16.5 Å². The fourth-order valence-electron chi connectivity index (χ4n) is 1.25. The standard InChI is InChI=1S/C10H6O5/c11-3-5-4-15-9-2-8(13)7(12)1-6(9)10(5)14/h1-4,12-13H. The molecule has 0 amide bonds. The molecule has 0 unspecified atom stereocenters. The van der Waals surface area contributed by atoms with Gasteiger partial charge in [-0.3, -0.25) is 9.59 Å². The zero-order valence-electron chi connectivity index (χ0n) is 7.43. The Balaban J connectivity index is 2.94. The molecular weight excluding hydrogens is 200 g/mol. The van der Waals surface area contributed by atoms with Crippen molar-refractivity contribution in [2.45, 2.75) is 0 Å². The van der Waals surface area contributed by atoms with E-state index in [1.165, 1.54) is 0 Å². The highest BCUT2D eigenvalue weighted by Gasteiger charge is 2.09. The summed E-state index contributed by atoms with van der Waals surface area (Å²) in [6.07, 6.45) is 1.38. The van der Waals surface area contributed by atoms with E-state index in [4.69, 9.17) is 9.52 Å². The monoisotopic (exact) mass is 206 g/mol. The molecule has 1 heterocycles. The van der Waals surface area contributed by atoms with Gasteiger partial charge in [-0.15, -0.1) is 0 Å². The molecular formula is C10H6O5. The van der Waals surface area contributed by atoms with Gasteiger partial charge in [-0.1, -0.05) is 0 Å². The number of aromatic hydroxyl groups is 2. The fraction of sp³-hybridized carbons (Fsp3) is 0. The maximum absolute atomic E-state index is 11.5. The maximum atomic E-state index is 11.5. The number of benzene rings is 1. The van der Waals surface area contributed by atoms with Crippen molar-refractivity contribution in [2.24, 2.45) is 0 Å². The second-order valence-corrected chi connectivity index (χ2v) is 2.98. The molecule has 15 heavy (non-hydrogen) atoms. The molecule has 0 atom stereocenters. The van der Waals surface area contributed by atoms with Gasteiger partial charge in [0.2, 0.25) is 5.43 Å². The number of hydrogen-bond donors (Lipinski definition) is 2. The third kappa shape index (κ3) is 1.34. The van der Waals surface area contributed by atoms with Crippen LogP contribution in [0.5, 0.6) is 11.5 Å². The van der Waals surface area contributed by atoms with E-state index in [1.54, 1.807) is 0 Å². The van der Waals surface area contributed by atoms with Crippen molar-refractivity contribution < 1.29 is 19.4 Å². The lowest BCUT2D eigenvalue weighted by Crippen LogP contribution is -2.07. The molecule has 1 aromatic heterocycles. The van der Waals surface area contributed by atoms with Crippen LogP contribution in [0.1, 0.15) is 10.4 Å². The van der Waals surface area contributed by atoms with Crippen molar-refractivity contribution in [3.05, 3.63) is 34.2 Å². The SMILES string of the molecule is O=Cc1coc2cc(O)c(O)cc2c1=O. The summed E-state index contributed by atoms with van der Waals surface area (Å²) in [4.78, 5) is 22.0. The van der Waals surface area contributed by atoms with Crippen molar-refractivity contribution in [1.82, 2.24) is 0 Å². The summed E-state index contributed by atoms with van der Waals surface area (Å²) in [5.41, 5.74) is -0.560. The number of hydrogen-bond acceptors (Lipinski definition) is 5. The van der Waals surface area contributed by atoms with E-state index in [-0.39, 0.29) is 22.3 Å². The van der Waals surface area contributed by atoms with Gasteiger partial charge in [-0.05, 0) is 6.07 Å². The number of carbonyl (C=O) groups excluding carboxylic acids is 1. The minimum Gasteiger partial charge on any atom is -0.504 e. The normalized spacial score (nSPS) is 10.4. The number of phenols is 2. The first kappa shape index (κ1) is 9.26. The molecule has 0 bridgehead atoms. The van der Waals surface area contributed by atoms with E-state index in [0.29, 0.717) is 6.29 Å². The number of phenolic OH excluding ortho intramolecular Hbond substituents is 2. The van der Waals surface area contributed by atoms with E-state index >= 15 is 0 Å². The molecule has 0 fully saturated rings. The molecule has 0 aliphatic heterocycles. The summed E-state index contributed by atoms with van der Waals surface area (Å²) in [5.74, 6) is -0.817.